The average molecular weight is 326 g/mol. The Labute approximate surface area is 122 Å². The van der Waals surface area contributed by atoms with Crippen LogP contribution in [0.5, 0.6) is 5.75 Å². The number of hydrogen-bond acceptors (Lipinski definition) is 3. The molecule has 1 atom stereocenters. The van der Waals surface area contributed by atoms with Gasteiger partial charge in [-0.05, 0) is 52.4 Å². The Morgan fingerprint density at radius 2 is 2.26 bits per heavy atom. The first-order valence-electron chi connectivity index (χ1n) is 7.07. The zero-order valence-corrected chi connectivity index (χ0v) is 12.6. The van der Waals surface area contributed by atoms with Gasteiger partial charge in [-0.25, -0.2) is 0 Å². The number of rotatable bonds is 4. The fourth-order valence-corrected chi connectivity index (χ4v) is 2.99. The molecule has 2 aliphatic rings. The Hall–Kier alpha value is -0.580. The largest absolute Gasteiger partial charge is 0.492 e. The number of nitrogens with one attached hydrogen (secondary N) is 1. The molecule has 0 amide bonds. The molecule has 3 rings (SSSR count). The van der Waals surface area contributed by atoms with Crippen molar-refractivity contribution in [2.24, 2.45) is 5.92 Å². The van der Waals surface area contributed by atoms with E-state index in [1.54, 1.807) is 0 Å². The second kappa shape index (κ2) is 6.25. The lowest BCUT2D eigenvalue weighted by Gasteiger charge is -2.26. The Morgan fingerprint density at radius 3 is 2.89 bits per heavy atom. The third-order valence-electron chi connectivity index (χ3n) is 3.95. The maximum Gasteiger partial charge on any atom is 0.133 e. The van der Waals surface area contributed by atoms with E-state index in [1.807, 2.05) is 0 Å². The first-order chi connectivity index (χ1) is 9.33. The molecule has 3 nitrogen and oxygen atoms in total. The molecule has 4 heteroatoms. The molecule has 1 N–H and O–H groups in total. The van der Waals surface area contributed by atoms with Crippen LogP contribution in [-0.2, 0) is 4.74 Å². The molecule has 19 heavy (non-hydrogen) atoms. The highest BCUT2D eigenvalue weighted by Gasteiger charge is 2.19. The zero-order valence-electron chi connectivity index (χ0n) is 11.0. The molecule has 1 aliphatic heterocycles. The highest BCUT2D eigenvalue weighted by Crippen LogP contribution is 2.32. The standard InChI is InChI=1S/C15H20BrNO2/c16-13-8-12(15-9-17-6-7-18-15)4-5-14(13)19-10-11-2-1-3-11/h4-5,8,11,15,17H,1-3,6-7,9-10H2. The van der Waals surface area contributed by atoms with Crippen LogP contribution in [0.2, 0.25) is 0 Å². The van der Waals surface area contributed by atoms with Gasteiger partial charge in [-0.15, -0.1) is 0 Å². The van der Waals surface area contributed by atoms with Gasteiger partial charge in [0.1, 0.15) is 5.75 Å². The molecule has 1 saturated heterocycles. The summed E-state index contributed by atoms with van der Waals surface area (Å²) >= 11 is 3.60. The van der Waals surface area contributed by atoms with Crippen molar-refractivity contribution in [2.45, 2.75) is 25.4 Å². The number of halogens is 1. The molecule has 0 radical (unpaired) electrons. The van der Waals surface area contributed by atoms with E-state index in [0.717, 1.165) is 42.4 Å². The average Bonchev–Trinajstić information content (AvgIpc) is 2.40. The van der Waals surface area contributed by atoms with Gasteiger partial charge in [-0.2, -0.15) is 0 Å². The predicted molar refractivity (Wildman–Crippen MR) is 78.5 cm³/mol. The smallest absolute Gasteiger partial charge is 0.133 e. The molecule has 0 bridgehead atoms. The number of hydrogen-bond donors (Lipinski definition) is 1. The fourth-order valence-electron chi connectivity index (χ4n) is 2.48. The van der Waals surface area contributed by atoms with Gasteiger partial charge >= 0.3 is 0 Å². The first kappa shape index (κ1) is 13.4. The van der Waals surface area contributed by atoms with Crippen LogP contribution in [-0.4, -0.2) is 26.3 Å². The van der Waals surface area contributed by atoms with Crippen molar-refractivity contribution in [1.29, 1.82) is 0 Å². The van der Waals surface area contributed by atoms with Crippen molar-refractivity contribution in [3.63, 3.8) is 0 Å². The quantitative estimate of drug-likeness (QED) is 0.921. The normalized spacial score (nSPS) is 23.9. The highest BCUT2D eigenvalue weighted by atomic mass is 79.9. The lowest BCUT2D eigenvalue weighted by Crippen LogP contribution is -2.33. The molecular weight excluding hydrogens is 306 g/mol. The Balaban J connectivity index is 1.62. The minimum atomic E-state index is 0.158. The topological polar surface area (TPSA) is 30.5 Å². The summed E-state index contributed by atoms with van der Waals surface area (Å²) in [5.41, 5.74) is 1.20. The van der Waals surface area contributed by atoms with Gasteiger partial charge < -0.3 is 14.8 Å². The fraction of sp³-hybridized carbons (Fsp3) is 0.600. The van der Waals surface area contributed by atoms with E-state index >= 15 is 0 Å². The maximum absolute atomic E-state index is 5.88. The van der Waals surface area contributed by atoms with Crippen LogP contribution >= 0.6 is 15.9 Å². The summed E-state index contributed by atoms with van der Waals surface area (Å²) in [5.74, 6) is 1.71. The lowest BCUT2D eigenvalue weighted by atomic mass is 9.86. The molecule has 0 spiro atoms. The molecule has 1 saturated carbocycles. The molecule has 1 unspecified atom stereocenters. The van der Waals surface area contributed by atoms with Crippen LogP contribution in [0.25, 0.3) is 0 Å². The van der Waals surface area contributed by atoms with Crippen LogP contribution in [0.3, 0.4) is 0 Å². The van der Waals surface area contributed by atoms with Gasteiger partial charge in [0, 0.05) is 13.1 Å². The second-order valence-electron chi connectivity index (χ2n) is 5.36. The summed E-state index contributed by atoms with van der Waals surface area (Å²) in [4.78, 5) is 0. The molecule has 1 aliphatic carbocycles. The zero-order chi connectivity index (χ0) is 13.1. The number of benzene rings is 1. The molecule has 1 aromatic carbocycles. The van der Waals surface area contributed by atoms with Crippen molar-refractivity contribution < 1.29 is 9.47 Å². The van der Waals surface area contributed by atoms with Gasteiger partial charge in [-0.1, -0.05) is 12.5 Å². The molecular formula is C15H20BrNO2. The molecule has 1 aromatic rings. The van der Waals surface area contributed by atoms with Crippen molar-refractivity contribution in [3.8, 4) is 5.75 Å². The SMILES string of the molecule is Brc1cc(C2CNCCO2)ccc1OCC1CCC1. The van der Waals surface area contributed by atoms with Crippen LogP contribution in [0.15, 0.2) is 22.7 Å². The van der Waals surface area contributed by atoms with E-state index < -0.39 is 0 Å². The minimum absolute atomic E-state index is 0.158. The van der Waals surface area contributed by atoms with Crippen LogP contribution in [0, 0.1) is 5.92 Å². The van der Waals surface area contributed by atoms with E-state index in [4.69, 9.17) is 9.47 Å². The van der Waals surface area contributed by atoms with Gasteiger partial charge in [0.15, 0.2) is 0 Å². The molecule has 2 fully saturated rings. The molecule has 0 aromatic heterocycles. The maximum atomic E-state index is 5.88. The monoisotopic (exact) mass is 325 g/mol. The van der Waals surface area contributed by atoms with Crippen LogP contribution < -0.4 is 10.1 Å². The van der Waals surface area contributed by atoms with E-state index in [2.05, 4.69) is 39.4 Å². The van der Waals surface area contributed by atoms with Crippen molar-refractivity contribution in [2.75, 3.05) is 26.3 Å². The summed E-state index contributed by atoms with van der Waals surface area (Å²) < 4.78 is 12.7. The third-order valence-corrected chi connectivity index (χ3v) is 4.57. The Bertz CT molecular complexity index is 428. The summed E-state index contributed by atoms with van der Waals surface area (Å²) in [6, 6.07) is 6.28. The predicted octanol–water partition coefficient (Wildman–Crippen LogP) is 3.29. The summed E-state index contributed by atoms with van der Waals surface area (Å²) in [6.07, 6.45) is 4.15. The Morgan fingerprint density at radius 1 is 1.37 bits per heavy atom. The van der Waals surface area contributed by atoms with E-state index in [0.29, 0.717) is 0 Å². The van der Waals surface area contributed by atoms with Crippen molar-refractivity contribution in [1.82, 2.24) is 5.32 Å². The summed E-state index contributed by atoms with van der Waals surface area (Å²) in [5, 5.41) is 3.35. The first-order valence-corrected chi connectivity index (χ1v) is 7.87. The number of ether oxygens (including phenoxy) is 2. The van der Waals surface area contributed by atoms with Gasteiger partial charge in [0.2, 0.25) is 0 Å². The van der Waals surface area contributed by atoms with Gasteiger partial charge in [0.05, 0.1) is 23.8 Å². The summed E-state index contributed by atoms with van der Waals surface area (Å²) in [6.45, 7) is 3.45. The van der Waals surface area contributed by atoms with Crippen LogP contribution in [0.4, 0.5) is 0 Å². The van der Waals surface area contributed by atoms with E-state index in [1.165, 1.54) is 24.8 Å². The highest BCUT2D eigenvalue weighted by molar-refractivity contribution is 9.10. The second-order valence-corrected chi connectivity index (χ2v) is 6.22. The molecule has 1 heterocycles. The van der Waals surface area contributed by atoms with E-state index in [9.17, 15) is 0 Å². The van der Waals surface area contributed by atoms with Crippen molar-refractivity contribution in [3.05, 3.63) is 28.2 Å². The lowest BCUT2D eigenvalue weighted by molar-refractivity contribution is 0.0276. The van der Waals surface area contributed by atoms with Gasteiger partial charge in [0.25, 0.3) is 0 Å². The summed E-state index contributed by atoms with van der Waals surface area (Å²) in [7, 11) is 0. The van der Waals surface area contributed by atoms with Crippen LogP contribution in [0.1, 0.15) is 30.9 Å². The third kappa shape index (κ3) is 3.30. The Kier molecular flexibility index (Phi) is 4.41. The van der Waals surface area contributed by atoms with Gasteiger partial charge in [-0.3, -0.25) is 0 Å². The van der Waals surface area contributed by atoms with Crippen molar-refractivity contribution >= 4 is 15.9 Å². The minimum Gasteiger partial charge on any atom is -0.492 e. The molecule has 104 valence electrons. The van der Waals surface area contributed by atoms with E-state index in [-0.39, 0.29) is 6.10 Å². The number of morpholine rings is 1.